The van der Waals surface area contributed by atoms with Gasteiger partial charge in [-0.2, -0.15) is 0 Å². The summed E-state index contributed by atoms with van der Waals surface area (Å²) in [6.45, 7) is 2.69. The number of nitrogens with zero attached hydrogens (tertiary/aromatic N) is 1. The van der Waals surface area contributed by atoms with Crippen LogP contribution in [0.1, 0.15) is 36.5 Å². The van der Waals surface area contributed by atoms with Gasteiger partial charge in [0.05, 0.1) is 0 Å². The molecule has 2 aromatic carbocycles. The first-order chi connectivity index (χ1) is 13.0. The standard InChI is InChI=1S/C21H26N4O2.ClH/c1-15(22)19-9-5-6-14-25(19)20(26)16-10-12-18(13-11-16)24-21(27)23-17-7-3-2-4-8-17;/h2-4,7-8,10-13,15,19H,5-6,9,14,22H2,1H3,(H2,23,24,27);1H. The lowest BCUT2D eigenvalue weighted by molar-refractivity contribution is 0.0584. The Balaban J connectivity index is 0.00000280. The zero-order valence-electron chi connectivity index (χ0n) is 15.9. The number of amides is 3. The smallest absolute Gasteiger partial charge is 0.323 e. The molecule has 3 amide bonds. The molecule has 1 fully saturated rings. The van der Waals surface area contributed by atoms with Gasteiger partial charge in [-0.05, 0) is 62.6 Å². The third-order valence-corrected chi connectivity index (χ3v) is 4.84. The van der Waals surface area contributed by atoms with Crippen LogP contribution in [0.2, 0.25) is 0 Å². The highest BCUT2D eigenvalue weighted by Gasteiger charge is 2.29. The number of halogens is 1. The summed E-state index contributed by atoms with van der Waals surface area (Å²) in [5, 5.41) is 5.53. The van der Waals surface area contributed by atoms with Gasteiger partial charge in [-0.15, -0.1) is 12.4 Å². The summed E-state index contributed by atoms with van der Waals surface area (Å²) in [6, 6.07) is 15.9. The first-order valence-electron chi connectivity index (χ1n) is 9.34. The average Bonchev–Trinajstić information content (AvgIpc) is 2.68. The summed E-state index contributed by atoms with van der Waals surface area (Å²) >= 11 is 0. The summed E-state index contributed by atoms with van der Waals surface area (Å²) < 4.78 is 0. The fourth-order valence-electron chi connectivity index (χ4n) is 3.43. The fourth-order valence-corrected chi connectivity index (χ4v) is 3.43. The number of carbonyl (C=O) groups is 2. The summed E-state index contributed by atoms with van der Waals surface area (Å²) in [4.78, 5) is 26.8. The monoisotopic (exact) mass is 402 g/mol. The minimum absolute atomic E-state index is 0. The number of rotatable bonds is 4. The lowest BCUT2D eigenvalue weighted by Gasteiger charge is -2.38. The number of nitrogens with one attached hydrogen (secondary N) is 2. The van der Waals surface area contributed by atoms with Gasteiger partial charge < -0.3 is 21.3 Å². The Bertz CT molecular complexity index is 781. The molecule has 6 nitrogen and oxygen atoms in total. The zero-order valence-corrected chi connectivity index (χ0v) is 16.7. The van der Waals surface area contributed by atoms with Crippen LogP contribution >= 0.6 is 12.4 Å². The van der Waals surface area contributed by atoms with Crippen molar-refractivity contribution in [2.75, 3.05) is 17.2 Å². The van der Waals surface area contributed by atoms with Crippen molar-refractivity contribution in [2.24, 2.45) is 5.73 Å². The number of benzene rings is 2. The number of likely N-dealkylation sites (tertiary alicyclic amines) is 1. The fraction of sp³-hybridized carbons (Fsp3) is 0.333. The van der Waals surface area contributed by atoms with Gasteiger partial charge in [0.15, 0.2) is 0 Å². The number of hydrogen-bond acceptors (Lipinski definition) is 3. The zero-order chi connectivity index (χ0) is 19.2. The van der Waals surface area contributed by atoms with Crippen molar-refractivity contribution in [3.05, 3.63) is 60.2 Å². The second-order valence-corrected chi connectivity index (χ2v) is 6.94. The number of nitrogens with two attached hydrogens (primary N) is 1. The highest BCUT2D eigenvalue weighted by atomic mass is 35.5. The second kappa shape index (κ2) is 10.1. The predicted molar refractivity (Wildman–Crippen MR) is 115 cm³/mol. The van der Waals surface area contributed by atoms with Gasteiger partial charge in [0.25, 0.3) is 5.91 Å². The van der Waals surface area contributed by atoms with Crippen molar-refractivity contribution in [2.45, 2.75) is 38.3 Å². The van der Waals surface area contributed by atoms with Crippen molar-refractivity contribution in [3.8, 4) is 0 Å². The minimum Gasteiger partial charge on any atom is -0.334 e. The molecule has 7 heteroatoms. The van der Waals surface area contributed by atoms with Crippen molar-refractivity contribution < 1.29 is 9.59 Å². The maximum atomic E-state index is 12.9. The maximum absolute atomic E-state index is 12.9. The van der Waals surface area contributed by atoms with Gasteiger partial charge >= 0.3 is 6.03 Å². The van der Waals surface area contributed by atoms with E-state index >= 15 is 0 Å². The molecule has 0 radical (unpaired) electrons. The van der Waals surface area contributed by atoms with Crippen LogP contribution in [0.5, 0.6) is 0 Å². The Kier molecular flexibility index (Phi) is 7.84. The van der Waals surface area contributed by atoms with E-state index in [-0.39, 0.29) is 36.4 Å². The van der Waals surface area contributed by atoms with E-state index in [4.69, 9.17) is 5.73 Å². The Morgan fingerprint density at radius 1 is 1.00 bits per heavy atom. The number of urea groups is 1. The van der Waals surface area contributed by atoms with Crippen molar-refractivity contribution in [1.29, 1.82) is 0 Å². The lowest BCUT2D eigenvalue weighted by Crippen LogP contribution is -2.51. The summed E-state index contributed by atoms with van der Waals surface area (Å²) in [7, 11) is 0. The van der Waals surface area contributed by atoms with Gasteiger partial charge in [0.2, 0.25) is 0 Å². The Hall–Kier alpha value is -2.57. The van der Waals surface area contributed by atoms with E-state index in [2.05, 4.69) is 10.6 Å². The Morgan fingerprint density at radius 3 is 2.21 bits per heavy atom. The molecule has 2 unspecified atom stereocenters. The van der Waals surface area contributed by atoms with Gasteiger partial charge in [-0.1, -0.05) is 18.2 Å². The number of hydrogen-bond donors (Lipinski definition) is 3. The molecule has 1 aliphatic heterocycles. The van der Waals surface area contributed by atoms with Gasteiger partial charge in [0, 0.05) is 35.6 Å². The molecular weight excluding hydrogens is 376 g/mol. The molecule has 1 heterocycles. The quantitative estimate of drug-likeness (QED) is 0.719. The molecule has 0 bridgehead atoms. The summed E-state index contributed by atoms with van der Waals surface area (Å²) in [5.74, 6) is -0.00251. The molecule has 1 aliphatic rings. The minimum atomic E-state index is -0.326. The van der Waals surface area contributed by atoms with Gasteiger partial charge in [-0.25, -0.2) is 4.79 Å². The Morgan fingerprint density at radius 2 is 1.61 bits per heavy atom. The topological polar surface area (TPSA) is 87.5 Å². The van der Waals surface area contributed by atoms with E-state index in [1.54, 1.807) is 24.3 Å². The third-order valence-electron chi connectivity index (χ3n) is 4.84. The number of carbonyl (C=O) groups excluding carboxylic acids is 2. The van der Waals surface area contributed by atoms with Crippen LogP contribution in [0.4, 0.5) is 16.2 Å². The van der Waals surface area contributed by atoms with Gasteiger partial charge in [0.1, 0.15) is 0 Å². The largest absolute Gasteiger partial charge is 0.334 e. The van der Waals surface area contributed by atoms with Crippen LogP contribution in [-0.4, -0.2) is 35.5 Å². The van der Waals surface area contributed by atoms with E-state index < -0.39 is 0 Å². The number of para-hydroxylation sites is 1. The molecule has 4 N–H and O–H groups in total. The molecule has 0 spiro atoms. The van der Waals surface area contributed by atoms with Crippen LogP contribution in [0, 0.1) is 0 Å². The molecule has 0 aromatic heterocycles. The van der Waals surface area contributed by atoms with Crippen LogP contribution in [0.15, 0.2) is 54.6 Å². The predicted octanol–water partition coefficient (Wildman–Crippen LogP) is 4.09. The van der Waals surface area contributed by atoms with E-state index in [1.807, 2.05) is 42.2 Å². The first-order valence-corrected chi connectivity index (χ1v) is 9.34. The van der Waals surface area contributed by atoms with Crippen LogP contribution < -0.4 is 16.4 Å². The van der Waals surface area contributed by atoms with E-state index in [0.29, 0.717) is 16.9 Å². The second-order valence-electron chi connectivity index (χ2n) is 6.94. The van der Waals surface area contributed by atoms with Crippen LogP contribution in [0.25, 0.3) is 0 Å². The number of piperidine rings is 1. The summed E-state index contributed by atoms with van der Waals surface area (Å²) in [5.41, 5.74) is 8.02. The normalized spacial score (nSPS) is 17.2. The third kappa shape index (κ3) is 5.47. The molecular formula is C21H27ClN4O2. The van der Waals surface area contributed by atoms with Crippen molar-refractivity contribution in [1.82, 2.24) is 4.90 Å². The van der Waals surface area contributed by atoms with Crippen LogP contribution in [-0.2, 0) is 0 Å². The van der Waals surface area contributed by atoms with Crippen molar-refractivity contribution >= 4 is 35.7 Å². The molecule has 150 valence electrons. The number of anilines is 2. The SMILES string of the molecule is CC(N)C1CCCCN1C(=O)c1ccc(NC(=O)Nc2ccccc2)cc1.Cl. The highest BCUT2D eigenvalue weighted by Crippen LogP contribution is 2.22. The maximum Gasteiger partial charge on any atom is 0.323 e. The molecule has 0 aliphatic carbocycles. The lowest BCUT2D eigenvalue weighted by atomic mass is 9.96. The van der Waals surface area contributed by atoms with Crippen LogP contribution in [0.3, 0.4) is 0 Å². The molecule has 0 saturated carbocycles. The average molecular weight is 403 g/mol. The molecule has 3 rings (SSSR count). The first kappa shape index (κ1) is 21.7. The van der Waals surface area contributed by atoms with Crippen molar-refractivity contribution in [3.63, 3.8) is 0 Å². The van der Waals surface area contributed by atoms with Gasteiger partial charge in [-0.3, -0.25) is 4.79 Å². The Labute approximate surface area is 171 Å². The van der Waals surface area contributed by atoms with E-state index in [9.17, 15) is 9.59 Å². The molecule has 28 heavy (non-hydrogen) atoms. The van der Waals surface area contributed by atoms with E-state index in [1.165, 1.54) is 0 Å². The van der Waals surface area contributed by atoms with E-state index in [0.717, 1.165) is 25.8 Å². The molecule has 2 aromatic rings. The molecule has 2 atom stereocenters. The summed E-state index contributed by atoms with van der Waals surface area (Å²) in [6.07, 6.45) is 3.06. The molecule has 1 saturated heterocycles. The highest BCUT2D eigenvalue weighted by molar-refractivity contribution is 6.00.